The predicted octanol–water partition coefficient (Wildman–Crippen LogP) is 2.66. The van der Waals surface area contributed by atoms with E-state index >= 15 is 0 Å². The number of benzene rings is 1. The molecule has 4 heteroatoms. The SMILES string of the molecule is CCCNc1ccccc1C(=O)NC(C)COCC. The number of para-hydroxylation sites is 1. The largest absolute Gasteiger partial charge is 0.384 e. The highest BCUT2D eigenvalue weighted by Gasteiger charge is 2.13. The molecular weight excluding hydrogens is 240 g/mol. The number of nitrogens with one attached hydrogen (secondary N) is 2. The Kier molecular flexibility index (Phi) is 6.97. The van der Waals surface area contributed by atoms with Gasteiger partial charge in [-0.25, -0.2) is 0 Å². The molecule has 0 heterocycles. The van der Waals surface area contributed by atoms with Crippen LogP contribution in [0.5, 0.6) is 0 Å². The molecule has 0 bridgehead atoms. The van der Waals surface area contributed by atoms with E-state index in [4.69, 9.17) is 4.74 Å². The molecule has 0 aliphatic carbocycles. The number of hydrogen-bond donors (Lipinski definition) is 2. The van der Waals surface area contributed by atoms with Crippen LogP contribution < -0.4 is 10.6 Å². The van der Waals surface area contributed by atoms with Crippen molar-refractivity contribution in [2.75, 3.05) is 25.1 Å². The van der Waals surface area contributed by atoms with E-state index in [1.165, 1.54) is 0 Å². The van der Waals surface area contributed by atoms with E-state index in [9.17, 15) is 4.79 Å². The number of carbonyl (C=O) groups excluding carboxylic acids is 1. The van der Waals surface area contributed by atoms with Gasteiger partial charge in [-0.3, -0.25) is 4.79 Å². The molecular formula is C15H24N2O2. The monoisotopic (exact) mass is 264 g/mol. The topological polar surface area (TPSA) is 50.4 Å². The normalized spacial score (nSPS) is 11.9. The summed E-state index contributed by atoms with van der Waals surface area (Å²) in [5.41, 5.74) is 1.56. The molecule has 0 saturated heterocycles. The van der Waals surface area contributed by atoms with Crippen LogP contribution in [-0.2, 0) is 4.74 Å². The first kappa shape index (κ1) is 15.5. The zero-order valence-electron chi connectivity index (χ0n) is 12.0. The summed E-state index contributed by atoms with van der Waals surface area (Å²) in [5, 5.41) is 6.21. The highest BCUT2D eigenvalue weighted by atomic mass is 16.5. The molecule has 0 fully saturated rings. The van der Waals surface area contributed by atoms with Gasteiger partial charge in [0.05, 0.1) is 12.2 Å². The van der Waals surface area contributed by atoms with E-state index in [0.29, 0.717) is 18.8 Å². The van der Waals surface area contributed by atoms with Crippen molar-refractivity contribution in [3.8, 4) is 0 Å². The molecule has 1 unspecified atom stereocenters. The van der Waals surface area contributed by atoms with Crippen LogP contribution in [-0.4, -0.2) is 31.7 Å². The van der Waals surface area contributed by atoms with Gasteiger partial charge in [0.15, 0.2) is 0 Å². The van der Waals surface area contributed by atoms with Crippen LogP contribution >= 0.6 is 0 Å². The third-order valence-corrected chi connectivity index (χ3v) is 2.69. The molecule has 0 aliphatic heterocycles. The van der Waals surface area contributed by atoms with Gasteiger partial charge in [-0.2, -0.15) is 0 Å². The van der Waals surface area contributed by atoms with Gasteiger partial charge in [-0.05, 0) is 32.4 Å². The smallest absolute Gasteiger partial charge is 0.253 e. The first-order chi connectivity index (χ1) is 9.19. The Balaban J connectivity index is 2.65. The second-order valence-electron chi connectivity index (χ2n) is 4.51. The van der Waals surface area contributed by atoms with Crippen molar-refractivity contribution in [3.63, 3.8) is 0 Å². The first-order valence-corrected chi connectivity index (χ1v) is 6.90. The summed E-state index contributed by atoms with van der Waals surface area (Å²) < 4.78 is 5.30. The van der Waals surface area contributed by atoms with Gasteiger partial charge in [0, 0.05) is 24.9 Å². The minimum atomic E-state index is -0.0635. The lowest BCUT2D eigenvalue weighted by molar-refractivity contribution is 0.0872. The molecule has 1 aromatic carbocycles. The van der Waals surface area contributed by atoms with Gasteiger partial charge in [-0.15, -0.1) is 0 Å². The fourth-order valence-electron chi connectivity index (χ4n) is 1.73. The van der Waals surface area contributed by atoms with Crippen LogP contribution in [0.1, 0.15) is 37.6 Å². The average Bonchev–Trinajstić information content (AvgIpc) is 2.43. The van der Waals surface area contributed by atoms with E-state index in [1.54, 1.807) is 0 Å². The van der Waals surface area contributed by atoms with Crippen LogP contribution in [0, 0.1) is 0 Å². The molecule has 19 heavy (non-hydrogen) atoms. The van der Waals surface area contributed by atoms with Crippen molar-refractivity contribution < 1.29 is 9.53 Å². The lowest BCUT2D eigenvalue weighted by Crippen LogP contribution is -2.36. The Morgan fingerprint density at radius 2 is 2.05 bits per heavy atom. The highest BCUT2D eigenvalue weighted by molar-refractivity contribution is 5.99. The minimum Gasteiger partial charge on any atom is -0.384 e. The average molecular weight is 264 g/mol. The second kappa shape index (κ2) is 8.53. The summed E-state index contributed by atoms with van der Waals surface area (Å²) >= 11 is 0. The molecule has 0 aromatic heterocycles. The zero-order chi connectivity index (χ0) is 14.1. The van der Waals surface area contributed by atoms with Crippen LogP contribution in [0.25, 0.3) is 0 Å². The van der Waals surface area contributed by atoms with Crippen molar-refractivity contribution in [2.45, 2.75) is 33.2 Å². The third-order valence-electron chi connectivity index (χ3n) is 2.69. The van der Waals surface area contributed by atoms with E-state index in [1.807, 2.05) is 38.1 Å². The van der Waals surface area contributed by atoms with Crippen LogP contribution in [0.2, 0.25) is 0 Å². The molecule has 0 saturated carbocycles. The fraction of sp³-hybridized carbons (Fsp3) is 0.533. The van der Waals surface area contributed by atoms with Crippen molar-refractivity contribution in [3.05, 3.63) is 29.8 Å². The molecule has 1 aromatic rings. The van der Waals surface area contributed by atoms with Gasteiger partial charge in [0.1, 0.15) is 0 Å². The van der Waals surface area contributed by atoms with Gasteiger partial charge in [0.2, 0.25) is 0 Å². The maximum Gasteiger partial charge on any atom is 0.253 e. The molecule has 0 radical (unpaired) electrons. The summed E-state index contributed by atoms with van der Waals surface area (Å²) in [7, 11) is 0. The molecule has 1 atom stereocenters. The Labute approximate surface area is 115 Å². The maximum atomic E-state index is 12.2. The van der Waals surface area contributed by atoms with Crippen molar-refractivity contribution in [2.24, 2.45) is 0 Å². The Hall–Kier alpha value is -1.55. The van der Waals surface area contributed by atoms with Crippen molar-refractivity contribution in [1.82, 2.24) is 5.32 Å². The van der Waals surface area contributed by atoms with Crippen molar-refractivity contribution >= 4 is 11.6 Å². The quantitative estimate of drug-likeness (QED) is 0.759. The molecule has 2 N–H and O–H groups in total. The molecule has 0 spiro atoms. The number of anilines is 1. The fourth-order valence-corrected chi connectivity index (χ4v) is 1.73. The number of rotatable bonds is 8. The second-order valence-corrected chi connectivity index (χ2v) is 4.51. The first-order valence-electron chi connectivity index (χ1n) is 6.90. The Bertz CT molecular complexity index is 393. The summed E-state index contributed by atoms with van der Waals surface area (Å²) in [6.07, 6.45) is 1.02. The molecule has 1 rings (SSSR count). The van der Waals surface area contributed by atoms with E-state index < -0.39 is 0 Å². The zero-order valence-corrected chi connectivity index (χ0v) is 12.0. The molecule has 4 nitrogen and oxygen atoms in total. The lowest BCUT2D eigenvalue weighted by atomic mass is 10.1. The Morgan fingerprint density at radius 3 is 2.74 bits per heavy atom. The van der Waals surface area contributed by atoms with Crippen molar-refractivity contribution in [1.29, 1.82) is 0 Å². The van der Waals surface area contributed by atoms with Gasteiger partial charge in [0.25, 0.3) is 5.91 Å². The van der Waals surface area contributed by atoms with E-state index in [-0.39, 0.29) is 11.9 Å². The van der Waals surface area contributed by atoms with E-state index in [2.05, 4.69) is 17.6 Å². The maximum absolute atomic E-state index is 12.2. The third kappa shape index (κ3) is 5.30. The summed E-state index contributed by atoms with van der Waals surface area (Å²) in [6.45, 7) is 8.04. The van der Waals surface area contributed by atoms with Crippen LogP contribution in [0.3, 0.4) is 0 Å². The van der Waals surface area contributed by atoms with Gasteiger partial charge in [-0.1, -0.05) is 19.1 Å². The minimum absolute atomic E-state index is 0.00619. The van der Waals surface area contributed by atoms with Gasteiger partial charge >= 0.3 is 0 Å². The highest BCUT2D eigenvalue weighted by Crippen LogP contribution is 2.15. The summed E-state index contributed by atoms with van der Waals surface area (Å²) in [6, 6.07) is 7.57. The lowest BCUT2D eigenvalue weighted by Gasteiger charge is -2.16. The number of hydrogen-bond acceptors (Lipinski definition) is 3. The Morgan fingerprint density at radius 1 is 1.32 bits per heavy atom. The molecule has 0 aliphatic rings. The molecule has 1 amide bonds. The van der Waals surface area contributed by atoms with Crippen LogP contribution in [0.15, 0.2) is 24.3 Å². The number of amides is 1. The van der Waals surface area contributed by atoms with E-state index in [0.717, 1.165) is 18.7 Å². The predicted molar refractivity (Wildman–Crippen MR) is 78.6 cm³/mol. The summed E-state index contributed by atoms with van der Waals surface area (Å²) in [4.78, 5) is 12.2. The molecule has 106 valence electrons. The standard InChI is InChI=1S/C15H24N2O2/c1-4-10-16-14-9-7-6-8-13(14)15(18)17-12(3)11-19-5-2/h6-9,12,16H,4-5,10-11H2,1-3H3,(H,17,18). The summed E-state index contributed by atoms with van der Waals surface area (Å²) in [5.74, 6) is -0.0635. The number of carbonyl (C=O) groups is 1. The van der Waals surface area contributed by atoms with Gasteiger partial charge < -0.3 is 15.4 Å². The van der Waals surface area contributed by atoms with Crippen LogP contribution in [0.4, 0.5) is 5.69 Å². The number of ether oxygens (including phenoxy) is 1.